The Kier molecular flexibility index (Phi) is 3.69. The minimum Gasteiger partial charge on any atom is -0.352 e. The van der Waals surface area contributed by atoms with Crippen LogP contribution in [0, 0.1) is 0 Å². The van der Waals surface area contributed by atoms with Gasteiger partial charge in [-0.2, -0.15) is 0 Å². The monoisotopic (exact) mass is 249 g/mol. The molecule has 2 aromatic rings. The number of nitrogens with zero attached hydrogens (tertiary/aromatic N) is 2. The highest BCUT2D eigenvalue weighted by atomic mass is 35.5. The smallest absolute Gasteiger partial charge is 0.203 e. The normalized spacial score (nSPS) is 10.8. The molecule has 0 amide bonds. The molecule has 0 bridgehead atoms. The third-order valence-corrected chi connectivity index (χ3v) is 2.84. The molecule has 0 saturated carbocycles. The summed E-state index contributed by atoms with van der Waals surface area (Å²) in [5.74, 6) is 0.898. The second kappa shape index (κ2) is 5.23. The molecule has 0 fully saturated rings. The minimum atomic E-state index is 0.408. The number of rotatable bonds is 4. The molecule has 1 aromatic heterocycles. The maximum Gasteiger partial charge on any atom is 0.203 e. The number of nitrogens with one attached hydrogen (secondary N) is 1. The van der Waals surface area contributed by atoms with Crippen LogP contribution in [0.1, 0.15) is 25.5 Å². The lowest BCUT2D eigenvalue weighted by atomic mass is 10.2. The van der Waals surface area contributed by atoms with E-state index in [1.54, 1.807) is 0 Å². The summed E-state index contributed by atoms with van der Waals surface area (Å²) in [6, 6.07) is 8.22. The van der Waals surface area contributed by atoms with Gasteiger partial charge in [-0.15, -0.1) is 0 Å². The van der Waals surface area contributed by atoms with Crippen LogP contribution in [0.2, 0.25) is 5.02 Å². The van der Waals surface area contributed by atoms with Gasteiger partial charge in [0.1, 0.15) is 0 Å². The molecule has 0 atom stereocenters. The van der Waals surface area contributed by atoms with Crippen LogP contribution >= 0.6 is 11.6 Å². The third kappa shape index (κ3) is 3.01. The lowest BCUT2D eigenvalue weighted by Gasteiger charge is -2.12. The Morgan fingerprint density at radius 2 is 2.00 bits per heavy atom. The van der Waals surface area contributed by atoms with Gasteiger partial charge in [0.15, 0.2) is 0 Å². The zero-order valence-corrected chi connectivity index (χ0v) is 10.8. The van der Waals surface area contributed by atoms with Gasteiger partial charge in [-0.05, 0) is 31.5 Å². The number of hydrogen-bond acceptors (Lipinski definition) is 2. The second-order valence-electron chi connectivity index (χ2n) is 4.23. The zero-order valence-electron chi connectivity index (χ0n) is 10.0. The largest absolute Gasteiger partial charge is 0.352 e. The first-order chi connectivity index (χ1) is 8.16. The van der Waals surface area contributed by atoms with Gasteiger partial charge in [-0.1, -0.05) is 23.7 Å². The first-order valence-electron chi connectivity index (χ1n) is 5.68. The Labute approximate surface area is 106 Å². The number of anilines is 1. The molecule has 0 aliphatic carbocycles. The van der Waals surface area contributed by atoms with Crippen LogP contribution in [-0.4, -0.2) is 9.55 Å². The van der Waals surface area contributed by atoms with E-state index >= 15 is 0 Å². The Morgan fingerprint density at radius 3 is 2.65 bits per heavy atom. The van der Waals surface area contributed by atoms with Crippen molar-refractivity contribution in [2.24, 2.45) is 0 Å². The topological polar surface area (TPSA) is 29.9 Å². The average Bonchev–Trinajstić information content (AvgIpc) is 2.76. The number of hydrogen-bond donors (Lipinski definition) is 1. The van der Waals surface area contributed by atoms with Crippen LogP contribution in [0.5, 0.6) is 0 Å². The van der Waals surface area contributed by atoms with Crippen molar-refractivity contribution in [2.75, 3.05) is 5.32 Å². The number of benzene rings is 1. The molecule has 0 aliphatic heterocycles. The molecule has 0 aliphatic rings. The summed E-state index contributed by atoms with van der Waals surface area (Å²) >= 11 is 5.84. The van der Waals surface area contributed by atoms with Crippen LogP contribution < -0.4 is 5.32 Å². The summed E-state index contributed by atoms with van der Waals surface area (Å²) in [7, 11) is 0. The van der Waals surface area contributed by atoms with Crippen LogP contribution in [0.3, 0.4) is 0 Å². The van der Waals surface area contributed by atoms with E-state index < -0.39 is 0 Å². The van der Waals surface area contributed by atoms with Crippen molar-refractivity contribution in [1.82, 2.24) is 9.55 Å². The molecule has 1 heterocycles. The van der Waals surface area contributed by atoms with Crippen molar-refractivity contribution in [3.8, 4) is 0 Å². The molecule has 4 heteroatoms. The first kappa shape index (κ1) is 12.0. The highest BCUT2D eigenvalue weighted by molar-refractivity contribution is 6.30. The van der Waals surface area contributed by atoms with E-state index in [0.717, 1.165) is 17.5 Å². The van der Waals surface area contributed by atoms with E-state index in [1.807, 2.05) is 36.7 Å². The fraction of sp³-hybridized carbons (Fsp3) is 0.308. The summed E-state index contributed by atoms with van der Waals surface area (Å²) in [5, 5.41) is 4.08. The van der Waals surface area contributed by atoms with E-state index in [1.165, 1.54) is 5.56 Å². The maximum absolute atomic E-state index is 5.84. The molecule has 1 N–H and O–H groups in total. The van der Waals surface area contributed by atoms with Crippen LogP contribution in [0.25, 0.3) is 0 Å². The van der Waals surface area contributed by atoms with Gasteiger partial charge in [0, 0.05) is 30.0 Å². The first-order valence-corrected chi connectivity index (χ1v) is 6.06. The van der Waals surface area contributed by atoms with E-state index in [-0.39, 0.29) is 0 Å². The lowest BCUT2D eigenvalue weighted by molar-refractivity contribution is 0.604. The second-order valence-corrected chi connectivity index (χ2v) is 4.67. The van der Waals surface area contributed by atoms with Crippen molar-refractivity contribution in [3.05, 3.63) is 47.2 Å². The molecular weight excluding hydrogens is 234 g/mol. The van der Waals surface area contributed by atoms with Gasteiger partial charge in [0.25, 0.3) is 0 Å². The van der Waals surface area contributed by atoms with E-state index in [2.05, 4.69) is 28.7 Å². The van der Waals surface area contributed by atoms with E-state index in [4.69, 9.17) is 11.6 Å². The molecule has 17 heavy (non-hydrogen) atoms. The molecule has 90 valence electrons. The van der Waals surface area contributed by atoms with Crippen molar-refractivity contribution in [2.45, 2.75) is 26.4 Å². The van der Waals surface area contributed by atoms with Gasteiger partial charge in [0.05, 0.1) is 0 Å². The molecule has 1 aromatic carbocycles. The Bertz CT molecular complexity index is 474. The fourth-order valence-electron chi connectivity index (χ4n) is 1.65. The summed E-state index contributed by atoms with van der Waals surface area (Å²) in [6.45, 7) is 5.02. The average molecular weight is 250 g/mol. The number of halogens is 1. The van der Waals surface area contributed by atoms with Crippen LogP contribution in [0.15, 0.2) is 36.7 Å². The SMILES string of the molecule is CC(C)n1ccnc1NCc1ccc(Cl)cc1. The zero-order chi connectivity index (χ0) is 12.3. The molecule has 2 rings (SSSR count). The van der Waals surface area contributed by atoms with Crippen molar-refractivity contribution in [3.63, 3.8) is 0 Å². The quantitative estimate of drug-likeness (QED) is 0.895. The summed E-state index contributed by atoms with van der Waals surface area (Å²) < 4.78 is 2.11. The van der Waals surface area contributed by atoms with Gasteiger partial charge < -0.3 is 9.88 Å². The summed E-state index contributed by atoms with van der Waals surface area (Å²) in [4.78, 5) is 4.30. The predicted molar refractivity (Wildman–Crippen MR) is 71.4 cm³/mol. The molecule has 3 nitrogen and oxygen atoms in total. The van der Waals surface area contributed by atoms with Gasteiger partial charge in [-0.3, -0.25) is 0 Å². The summed E-state index contributed by atoms with van der Waals surface area (Å²) in [6.07, 6.45) is 3.79. The Balaban J connectivity index is 2.02. The van der Waals surface area contributed by atoms with Crippen molar-refractivity contribution in [1.29, 1.82) is 0 Å². The van der Waals surface area contributed by atoms with Gasteiger partial charge >= 0.3 is 0 Å². The maximum atomic E-state index is 5.84. The molecule has 0 spiro atoms. The fourth-order valence-corrected chi connectivity index (χ4v) is 1.78. The Morgan fingerprint density at radius 1 is 1.29 bits per heavy atom. The summed E-state index contributed by atoms with van der Waals surface area (Å²) in [5.41, 5.74) is 1.19. The Hall–Kier alpha value is -1.48. The standard InChI is InChI=1S/C13H16ClN3/c1-10(2)17-8-7-15-13(17)16-9-11-3-5-12(14)6-4-11/h3-8,10H,9H2,1-2H3,(H,15,16). The van der Waals surface area contributed by atoms with Crippen molar-refractivity contribution >= 4 is 17.5 Å². The van der Waals surface area contributed by atoms with Crippen LogP contribution in [-0.2, 0) is 6.54 Å². The highest BCUT2D eigenvalue weighted by Crippen LogP contribution is 2.14. The van der Waals surface area contributed by atoms with Crippen molar-refractivity contribution < 1.29 is 0 Å². The third-order valence-electron chi connectivity index (χ3n) is 2.59. The molecule has 0 saturated heterocycles. The molecular formula is C13H16ClN3. The van der Waals surface area contributed by atoms with Gasteiger partial charge in [-0.25, -0.2) is 4.98 Å². The number of aromatic nitrogens is 2. The lowest BCUT2D eigenvalue weighted by Crippen LogP contribution is -2.08. The van der Waals surface area contributed by atoms with Gasteiger partial charge in [0.2, 0.25) is 5.95 Å². The molecule has 0 unspecified atom stereocenters. The van der Waals surface area contributed by atoms with E-state index in [9.17, 15) is 0 Å². The number of imidazole rings is 1. The van der Waals surface area contributed by atoms with E-state index in [0.29, 0.717) is 6.04 Å². The highest BCUT2D eigenvalue weighted by Gasteiger charge is 2.04. The minimum absolute atomic E-state index is 0.408. The molecule has 0 radical (unpaired) electrons. The van der Waals surface area contributed by atoms with Crippen LogP contribution in [0.4, 0.5) is 5.95 Å². The predicted octanol–water partition coefficient (Wildman–Crippen LogP) is 3.73.